The van der Waals surface area contributed by atoms with Gasteiger partial charge in [-0.15, -0.1) is 10.2 Å². The van der Waals surface area contributed by atoms with Gasteiger partial charge < -0.3 is 14.0 Å². The summed E-state index contributed by atoms with van der Waals surface area (Å²) in [5.41, 5.74) is 6.57. The van der Waals surface area contributed by atoms with Crippen LogP contribution < -0.4 is 14.9 Å². The number of unbranched alkanes of at least 4 members (excludes halogenated alkanes) is 4. The summed E-state index contributed by atoms with van der Waals surface area (Å²) < 4.78 is 13.5. The summed E-state index contributed by atoms with van der Waals surface area (Å²) >= 11 is 0. The van der Waals surface area contributed by atoms with Crippen LogP contribution in [-0.2, 0) is 6.54 Å². The van der Waals surface area contributed by atoms with E-state index in [0.29, 0.717) is 18.3 Å². The van der Waals surface area contributed by atoms with E-state index in [0.717, 1.165) is 59.2 Å². The summed E-state index contributed by atoms with van der Waals surface area (Å²) in [6.45, 7) is 5.93. The van der Waals surface area contributed by atoms with E-state index < -0.39 is 0 Å². The number of fused-ring (bicyclic) bond motifs is 3. The number of aryl methyl sites for hydroxylation is 1. The molecule has 0 aliphatic heterocycles. The van der Waals surface area contributed by atoms with E-state index in [-0.39, 0.29) is 0 Å². The zero-order valence-electron chi connectivity index (χ0n) is 20.8. The second-order valence-electron chi connectivity index (χ2n) is 8.52. The fourth-order valence-electron chi connectivity index (χ4n) is 4.05. The Balaban J connectivity index is 1.52. The maximum absolute atomic E-state index is 5.80. The van der Waals surface area contributed by atoms with Gasteiger partial charge in [-0.2, -0.15) is 10.1 Å². The van der Waals surface area contributed by atoms with E-state index in [1.165, 1.54) is 19.3 Å². The van der Waals surface area contributed by atoms with Crippen molar-refractivity contribution in [3.63, 3.8) is 0 Å². The Morgan fingerprint density at radius 2 is 1.83 bits per heavy atom. The number of para-hydroxylation sites is 1. The summed E-state index contributed by atoms with van der Waals surface area (Å²) in [5, 5.41) is 14.1. The van der Waals surface area contributed by atoms with Crippen LogP contribution in [0, 0.1) is 0 Å². The van der Waals surface area contributed by atoms with Crippen molar-refractivity contribution in [2.45, 2.75) is 58.9 Å². The van der Waals surface area contributed by atoms with Crippen LogP contribution in [0.15, 0.2) is 47.6 Å². The first-order valence-electron chi connectivity index (χ1n) is 12.5. The number of ether oxygens (including phenoxy) is 2. The van der Waals surface area contributed by atoms with Crippen LogP contribution in [0.25, 0.3) is 22.1 Å². The van der Waals surface area contributed by atoms with Gasteiger partial charge in [0, 0.05) is 11.9 Å². The first-order chi connectivity index (χ1) is 17.2. The minimum absolute atomic E-state index is 0.359. The minimum Gasteiger partial charge on any atom is -0.493 e. The number of benzene rings is 2. The molecule has 35 heavy (non-hydrogen) atoms. The van der Waals surface area contributed by atoms with Crippen molar-refractivity contribution in [3.05, 3.63) is 48.0 Å². The highest BCUT2D eigenvalue weighted by molar-refractivity contribution is 6.04. The lowest BCUT2D eigenvalue weighted by atomic mass is 10.2. The van der Waals surface area contributed by atoms with E-state index in [9.17, 15) is 0 Å². The number of rotatable bonds is 13. The largest absolute Gasteiger partial charge is 0.493 e. The third kappa shape index (κ3) is 5.88. The predicted molar refractivity (Wildman–Crippen MR) is 142 cm³/mol. The molecule has 4 rings (SSSR count). The van der Waals surface area contributed by atoms with Crippen molar-refractivity contribution in [2.24, 2.45) is 5.10 Å². The maximum atomic E-state index is 5.80. The number of nitrogens with zero attached hydrogens (tertiary/aromatic N) is 5. The number of anilines is 1. The van der Waals surface area contributed by atoms with Gasteiger partial charge in [0.05, 0.1) is 25.4 Å². The number of hydrazone groups is 1. The van der Waals surface area contributed by atoms with Crippen molar-refractivity contribution in [1.82, 2.24) is 19.7 Å². The molecule has 0 saturated carbocycles. The topological polar surface area (TPSA) is 86.5 Å². The highest BCUT2D eigenvalue weighted by Gasteiger charge is 2.14. The van der Waals surface area contributed by atoms with Gasteiger partial charge in [0.25, 0.3) is 5.95 Å². The monoisotopic (exact) mass is 474 g/mol. The fraction of sp³-hybridized carbons (Fsp3) is 0.407. The molecule has 2 heterocycles. The standard InChI is InChI=1S/C27H34N6O2/c1-4-6-8-11-16-33-22-13-10-9-12-21(22)25-26(33)29-27(32-30-25)31-28-19-20-14-15-23(24(18-20)34-3)35-17-7-5-2/h9-10,12-15,18-19H,4-8,11,16-17H2,1-3H3,(H,29,31,32)/b28-19+. The summed E-state index contributed by atoms with van der Waals surface area (Å²) in [6.07, 6.45) is 8.54. The molecule has 1 N–H and O–H groups in total. The van der Waals surface area contributed by atoms with E-state index in [4.69, 9.17) is 14.5 Å². The van der Waals surface area contributed by atoms with Crippen molar-refractivity contribution in [2.75, 3.05) is 19.1 Å². The summed E-state index contributed by atoms with van der Waals surface area (Å²) in [6, 6.07) is 14.0. The van der Waals surface area contributed by atoms with Gasteiger partial charge in [-0.05, 0) is 42.7 Å². The molecule has 8 nitrogen and oxygen atoms in total. The minimum atomic E-state index is 0.359. The quantitative estimate of drug-likeness (QED) is 0.141. The zero-order chi connectivity index (χ0) is 24.5. The second kappa shape index (κ2) is 12.1. The first-order valence-corrected chi connectivity index (χ1v) is 12.5. The maximum Gasteiger partial charge on any atom is 0.265 e. The smallest absolute Gasteiger partial charge is 0.265 e. The summed E-state index contributed by atoms with van der Waals surface area (Å²) in [7, 11) is 1.64. The molecule has 0 bridgehead atoms. The molecule has 2 aromatic heterocycles. The summed E-state index contributed by atoms with van der Waals surface area (Å²) in [4.78, 5) is 4.75. The van der Waals surface area contributed by atoms with Gasteiger partial charge >= 0.3 is 0 Å². The van der Waals surface area contributed by atoms with Gasteiger partial charge in [-0.25, -0.2) is 5.43 Å². The molecule has 2 aromatic carbocycles. The average Bonchev–Trinajstić information content (AvgIpc) is 3.20. The molecule has 4 aromatic rings. The number of hydrogen-bond donors (Lipinski definition) is 1. The number of methoxy groups -OCH3 is 1. The van der Waals surface area contributed by atoms with Crippen molar-refractivity contribution < 1.29 is 9.47 Å². The van der Waals surface area contributed by atoms with Crippen LogP contribution in [0.2, 0.25) is 0 Å². The van der Waals surface area contributed by atoms with Crippen molar-refractivity contribution >= 4 is 34.2 Å². The van der Waals surface area contributed by atoms with Gasteiger partial charge in [-0.3, -0.25) is 0 Å². The molecule has 0 fully saturated rings. The molecule has 0 aliphatic rings. The lowest BCUT2D eigenvalue weighted by Crippen LogP contribution is -2.03. The van der Waals surface area contributed by atoms with E-state index in [1.807, 2.05) is 24.3 Å². The fourth-order valence-corrected chi connectivity index (χ4v) is 4.05. The van der Waals surface area contributed by atoms with Crippen LogP contribution >= 0.6 is 0 Å². The molecule has 0 aliphatic carbocycles. The van der Waals surface area contributed by atoms with E-state index in [1.54, 1.807) is 13.3 Å². The second-order valence-corrected chi connectivity index (χ2v) is 8.52. The van der Waals surface area contributed by atoms with Crippen molar-refractivity contribution in [3.8, 4) is 11.5 Å². The van der Waals surface area contributed by atoms with Gasteiger partial charge in [0.2, 0.25) is 0 Å². The Labute approximate surface area is 206 Å². The van der Waals surface area contributed by atoms with Gasteiger partial charge in [0.1, 0.15) is 5.52 Å². The Bertz CT molecular complexity index is 1280. The Hall–Kier alpha value is -3.68. The molecule has 0 spiro atoms. The van der Waals surface area contributed by atoms with Crippen LogP contribution in [-0.4, -0.2) is 39.7 Å². The van der Waals surface area contributed by atoms with Crippen LogP contribution in [0.4, 0.5) is 5.95 Å². The molecule has 184 valence electrons. The molecule has 0 amide bonds. The van der Waals surface area contributed by atoms with Crippen LogP contribution in [0.3, 0.4) is 0 Å². The highest BCUT2D eigenvalue weighted by atomic mass is 16.5. The molecule has 0 atom stereocenters. The van der Waals surface area contributed by atoms with Crippen LogP contribution in [0.5, 0.6) is 11.5 Å². The molecule has 8 heteroatoms. The van der Waals surface area contributed by atoms with E-state index >= 15 is 0 Å². The lowest BCUT2D eigenvalue weighted by molar-refractivity contribution is 0.288. The zero-order valence-corrected chi connectivity index (χ0v) is 20.8. The Kier molecular flexibility index (Phi) is 8.48. The van der Waals surface area contributed by atoms with Crippen molar-refractivity contribution in [1.29, 1.82) is 0 Å². The highest BCUT2D eigenvalue weighted by Crippen LogP contribution is 2.28. The van der Waals surface area contributed by atoms with Gasteiger partial charge in [0.15, 0.2) is 17.1 Å². The predicted octanol–water partition coefficient (Wildman–Crippen LogP) is 6.19. The third-order valence-corrected chi connectivity index (χ3v) is 5.93. The molecule has 0 unspecified atom stereocenters. The Morgan fingerprint density at radius 3 is 2.66 bits per heavy atom. The van der Waals surface area contributed by atoms with Gasteiger partial charge in [-0.1, -0.05) is 57.7 Å². The third-order valence-electron chi connectivity index (χ3n) is 5.93. The number of hydrogen-bond acceptors (Lipinski definition) is 7. The average molecular weight is 475 g/mol. The van der Waals surface area contributed by atoms with E-state index in [2.05, 4.69) is 57.3 Å². The molecular formula is C27H34N6O2. The normalized spacial score (nSPS) is 11.5. The molecular weight excluding hydrogens is 440 g/mol. The SMILES string of the molecule is CCCCCCn1c2ccccc2c2nnc(N/N=C/c3ccc(OCCCC)c(OC)c3)nc21. The lowest BCUT2D eigenvalue weighted by Gasteiger charge is -2.10. The number of nitrogens with one attached hydrogen (secondary N) is 1. The number of aromatic nitrogens is 4. The Morgan fingerprint density at radius 1 is 0.971 bits per heavy atom. The molecule has 0 saturated heterocycles. The summed E-state index contributed by atoms with van der Waals surface area (Å²) in [5.74, 6) is 1.77. The first kappa shape index (κ1) is 24.4. The molecule has 0 radical (unpaired) electrons. The van der Waals surface area contributed by atoms with Crippen LogP contribution in [0.1, 0.15) is 57.9 Å².